The van der Waals surface area contributed by atoms with Crippen molar-refractivity contribution in [2.45, 2.75) is 156 Å². The fourth-order valence-electron chi connectivity index (χ4n) is 6.94. The third-order valence-corrected chi connectivity index (χ3v) is 15.7. The molecular formula is C62H108N18O37S6. The van der Waals surface area contributed by atoms with E-state index in [0.29, 0.717) is 0 Å². The van der Waals surface area contributed by atoms with Crippen molar-refractivity contribution in [1.29, 1.82) is 0 Å². The molecule has 0 bridgehead atoms. The molecule has 0 radical (unpaired) electrons. The predicted molar refractivity (Wildman–Crippen MR) is 440 cm³/mol. The van der Waals surface area contributed by atoms with Gasteiger partial charge in [-0.1, -0.05) is 0 Å². The maximum Gasteiger partial charge on any atom is 0.322 e. The zero-order valence-corrected chi connectivity index (χ0v) is 70.7. The number of nitrogens with two attached hydrogens (primary N) is 6. The summed E-state index contributed by atoms with van der Waals surface area (Å²) in [6.07, 6.45) is -1.41. The molecule has 123 heavy (non-hydrogen) atoms. The van der Waals surface area contributed by atoms with Crippen LogP contribution in [0.2, 0.25) is 0 Å². The van der Waals surface area contributed by atoms with Crippen molar-refractivity contribution in [3.8, 4) is 0 Å². The van der Waals surface area contributed by atoms with E-state index < -0.39 is 254 Å². The predicted octanol–water partition coefficient (Wildman–Crippen LogP) is -13.2. The summed E-state index contributed by atoms with van der Waals surface area (Å²) in [5.41, 5.74) is 31.4. The summed E-state index contributed by atoms with van der Waals surface area (Å²) in [4.78, 5) is 262. The first-order valence-corrected chi connectivity index (χ1v) is 38.8. The van der Waals surface area contributed by atoms with Crippen molar-refractivity contribution in [3.63, 3.8) is 0 Å². The fraction of sp³-hybridized carbons (Fsp3) is 0.613. The number of rotatable bonds is 54. The van der Waals surface area contributed by atoms with Crippen LogP contribution in [0.15, 0.2) is 0 Å². The minimum Gasteiger partial charge on any atom is -0.480 e. The molecule has 0 unspecified atom stereocenters. The van der Waals surface area contributed by atoms with E-state index in [0.717, 1.165) is 0 Å². The molecule has 12 atom stereocenters. The summed E-state index contributed by atoms with van der Waals surface area (Å²) in [7, 11) is 0. The van der Waals surface area contributed by atoms with Crippen LogP contribution in [0.25, 0.3) is 0 Å². The highest BCUT2D eigenvalue weighted by Gasteiger charge is 2.28. The van der Waals surface area contributed by atoms with Crippen LogP contribution in [0.5, 0.6) is 0 Å². The van der Waals surface area contributed by atoms with Crippen molar-refractivity contribution in [1.82, 2.24) is 63.8 Å². The molecule has 0 spiro atoms. The molecular weight excluding hydrogens is 1780 g/mol. The highest BCUT2D eigenvalue weighted by Crippen LogP contribution is 2.04. The molecule has 12 amide bonds. The number of aliphatic hydroxyl groups is 1. The van der Waals surface area contributed by atoms with Gasteiger partial charge < -0.3 is 165 Å². The summed E-state index contributed by atoms with van der Waals surface area (Å²) in [5.74, 6) is -22.2. The van der Waals surface area contributed by atoms with E-state index in [1.807, 2.05) is 0 Å². The molecule has 0 aliphatic rings. The zero-order valence-electron chi connectivity index (χ0n) is 65.4. The number of carboxylic acids is 12. The first kappa shape index (κ1) is 125. The first-order chi connectivity index (χ1) is 57.1. The number of nitrogens with one attached hydrogen (secondary N) is 12. The van der Waals surface area contributed by atoms with Gasteiger partial charge in [0.15, 0.2) is 0 Å². The van der Waals surface area contributed by atoms with Gasteiger partial charge >= 0.3 is 71.6 Å². The number of hydrogen-bond donors (Lipinski definition) is 37. The third kappa shape index (κ3) is 74.6. The lowest BCUT2D eigenvalue weighted by Gasteiger charge is -2.16. The molecule has 0 aromatic rings. The van der Waals surface area contributed by atoms with Gasteiger partial charge in [0.05, 0.1) is 0 Å². The van der Waals surface area contributed by atoms with E-state index in [9.17, 15) is 115 Å². The van der Waals surface area contributed by atoms with Crippen molar-refractivity contribution in [2.75, 3.05) is 80.4 Å². The van der Waals surface area contributed by atoms with E-state index in [4.69, 9.17) is 101 Å². The zero-order chi connectivity index (χ0) is 96.9. The summed E-state index contributed by atoms with van der Waals surface area (Å²) < 4.78 is 0. The summed E-state index contributed by atoms with van der Waals surface area (Å²) >= 11 is 23.2. The molecule has 0 saturated heterocycles. The Labute approximate surface area is 731 Å². The van der Waals surface area contributed by atoms with Crippen LogP contribution >= 0.6 is 75.8 Å². The van der Waals surface area contributed by atoms with Gasteiger partial charge in [-0.3, -0.25) is 115 Å². The fourth-order valence-corrected chi connectivity index (χ4v) is 8.48. The molecule has 55 nitrogen and oxygen atoms in total. The maximum absolute atomic E-state index is 11.5. The summed E-state index contributed by atoms with van der Waals surface area (Å²) in [6, 6.07) is -12.9. The second-order valence-corrected chi connectivity index (χ2v) is 25.9. The molecule has 0 rings (SSSR count). The lowest BCUT2D eigenvalue weighted by atomic mass is 10.1. The minimum atomic E-state index is -1.22. The molecule has 0 aromatic heterocycles. The van der Waals surface area contributed by atoms with Crippen LogP contribution in [0.3, 0.4) is 0 Å². The molecule has 0 aromatic carbocycles. The van der Waals surface area contributed by atoms with Crippen LogP contribution in [0.4, 0.5) is 0 Å². The van der Waals surface area contributed by atoms with Crippen molar-refractivity contribution in [2.24, 2.45) is 34.4 Å². The highest BCUT2D eigenvalue weighted by atomic mass is 32.1. The van der Waals surface area contributed by atoms with Crippen molar-refractivity contribution in [3.05, 3.63) is 0 Å². The SMILES string of the molecule is CCO.N[C@@H](CCC(=O)N[C@@H](CS)C(=O)NCC(=O)O)C(=O)O.N[C@@H](CCC(=O)N[C@@H](CS)C(=O)NCC(=O)O)C(=O)O.N[C@@H](CCC(=O)N[C@@H](CS)C(=O)NCC(=O)O)C(=O)O.N[C@@H](CCC(=O)N[C@@H](CS)C(=O)NCC(=O)O)C(=O)O.N[C@@H](CCC(=O)N[C@@H](CS)C(=O)NCC(=O)O)C(=O)O.N[C@@H](CCC(=O)N[C@@H](CS)C(=O)NCC(=O)O)C(=O)O. The van der Waals surface area contributed by atoms with Gasteiger partial charge in [0.25, 0.3) is 0 Å². The highest BCUT2D eigenvalue weighted by molar-refractivity contribution is 7.81. The number of carboxylic acid groups (broad SMARTS) is 12. The first-order valence-electron chi connectivity index (χ1n) is 35.0. The minimum absolute atomic E-state index is 0.0256. The number of hydrogen-bond acceptors (Lipinski definition) is 37. The molecule has 0 aliphatic carbocycles. The molecule has 0 heterocycles. The van der Waals surface area contributed by atoms with Gasteiger partial charge in [-0.05, 0) is 45.4 Å². The Balaban J connectivity index is -0.000000261. The maximum atomic E-state index is 11.5. The van der Waals surface area contributed by atoms with Gasteiger partial charge in [0, 0.05) is 79.6 Å². The third-order valence-electron chi connectivity index (χ3n) is 13.5. The lowest BCUT2D eigenvalue weighted by Crippen LogP contribution is -2.49. The Kier molecular flexibility index (Phi) is 76.3. The average molecular weight is 1890 g/mol. The quantitative estimate of drug-likeness (QED) is 0.0251. The van der Waals surface area contributed by atoms with Crippen molar-refractivity contribution < 1.29 is 181 Å². The average Bonchev–Trinajstić information content (AvgIpc) is 0.940. The van der Waals surface area contributed by atoms with Gasteiger partial charge in [-0.15, -0.1) is 0 Å². The Hall–Kier alpha value is -10.9. The standard InChI is InChI=1S/6C10H17N3O6S.C2H6O/c6*11-5(10(18)19)1-2-7(14)13-6(4-20)9(17)12-3-8(15)16;1-2-3/h6*5-6,20H,1-4,11H2,(H,12,17)(H,13,14)(H,15,16)(H,18,19);3H,2H2,1H3/t6*5-,6-;/m000000./s1. The second kappa shape index (κ2) is 74.9. The number of thiol groups is 6. The van der Waals surface area contributed by atoms with Gasteiger partial charge in [-0.2, -0.15) is 75.8 Å². The Morgan fingerprint density at radius 1 is 0.228 bits per heavy atom. The molecule has 61 heteroatoms. The Morgan fingerprint density at radius 3 is 0.398 bits per heavy atom. The van der Waals surface area contributed by atoms with Gasteiger partial charge in [-0.25, -0.2) is 0 Å². The largest absolute Gasteiger partial charge is 0.480 e. The number of aliphatic hydroxyl groups excluding tert-OH is 1. The van der Waals surface area contributed by atoms with E-state index >= 15 is 0 Å². The molecule has 0 saturated carbocycles. The Bertz CT molecular complexity index is 2920. The van der Waals surface area contributed by atoms with Crippen LogP contribution < -0.4 is 98.2 Å². The van der Waals surface area contributed by atoms with Gasteiger partial charge in [0.1, 0.15) is 112 Å². The van der Waals surface area contributed by atoms with E-state index in [1.165, 1.54) is 0 Å². The molecule has 0 aliphatic heterocycles. The lowest BCUT2D eigenvalue weighted by molar-refractivity contribution is -0.140. The van der Waals surface area contributed by atoms with E-state index in [2.05, 4.69) is 140 Å². The van der Waals surface area contributed by atoms with Crippen LogP contribution in [0, 0.1) is 0 Å². The number of carbonyl (C=O) groups excluding carboxylic acids is 12. The molecule has 0 fully saturated rings. The smallest absolute Gasteiger partial charge is 0.322 e. The monoisotopic (exact) mass is 1890 g/mol. The van der Waals surface area contributed by atoms with E-state index in [1.54, 1.807) is 6.92 Å². The second-order valence-electron chi connectivity index (χ2n) is 23.7. The van der Waals surface area contributed by atoms with Crippen LogP contribution in [-0.4, -0.2) is 362 Å². The summed E-state index contributed by atoms with van der Waals surface area (Å²) in [5, 5.41) is 136. The Morgan fingerprint density at radius 2 is 0.325 bits per heavy atom. The van der Waals surface area contributed by atoms with Crippen molar-refractivity contribution >= 4 is 218 Å². The summed E-state index contributed by atoms with van der Waals surface area (Å²) in [6.45, 7) is -1.47. The molecule has 704 valence electrons. The number of aliphatic carboxylic acids is 12. The van der Waals surface area contributed by atoms with Crippen LogP contribution in [0.1, 0.15) is 84.0 Å². The van der Waals surface area contributed by atoms with Gasteiger partial charge in [0.2, 0.25) is 70.9 Å². The number of amides is 12. The molecule has 37 N–H and O–H groups in total. The van der Waals surface area contributed by atoms with E-state index in [-0.39, 0.29) is 118 Å². The van der Waals surface area contributed by atoms with Crippen LogP contribution in [-0.2, 0) is 115 Å². The number of carbonyl (C=O) groups is 24. The topological polar surface area (TPSA) is 973 Å². The normalized spacial score (nSPS) is 12.9.